The van der Waals surface area contributed by atoms with Gasteiger partial charge in [-0.3, -0.25) is 14.4 Å². The first-order chi connectivity index (χ1) is 12.3. The summed E-state index contributed by atoms with van der Waals surface area (Å²) in [5, 5.41) is 25.0. The fourth-order valence-electron chi connectivity index (χ4n) is 2.50. The number of aliphatic carboxylic acids is 1. The number of hydrogen-bond acceptors (Lipinski definition) is 6. The molecule has 0 unspecified atom stereocenters. The molecule has 11 nitrogen and oxygen atoms in total. The van der Waals surface area contributed by atoms with Gasteiger partial charge in [0.2, 0.25) is 11.8 Å². The number of para-hydroxylation sites is 1. The summed E-state index contributed by atoms with van der Waals surface area (Å²) in [5.41, 5.74) is 5.96. The summed E-state index contributed by atoms with van der Waals surface area (Å²) in [4.78, 5) is 47.8. The van der Waals surface area contributed by atoms with E-state index in [2.05, 4.69) is 15.6 Å². The van der Waals surface area contributed by atoms with E-state index in [1.54, 1.807) is 24.3 Å². The van der Waals surface area contributed by atoms with Crippen molar-refractivity contribution >= 4 is 34.5 Å². The summed E-state index contributed by atoms with van der Waals surface area (Å²) in [6, 6.07) is 5.44. The number of nitro groups is 1. The standard InChI is InChI=1S/C15H17N5O6/c16-6-12(21)18-11(15(24)17-7-13(22)23)5-9-8-3-1-2-4-10(8)19-14(9)20(25)26/h1-4,11,19H,5-7,16H2,(H,17,24)(H,18,21)(H,22,23)/t11-/m0/s1. The highest BCUT2D eigenvalue weighted by Crippen LogP contribution is 2.28. The van der Waals surface area contributed by atoms with E-state index in [0.717, 1.165) is 0 Å². The summed E-state index contributed by atoms with van der Waals surface area (Å²) in [6.45, 7) is -1.04. The van der Waals surface area contributed by atoms with Crippen molar-refractivity contribution in [3.8, 4) is 0 Å². The third kappa shape index (κ3) is 4.33. The predicted octanol–water partition coefficient (Wildman–Crippen LogP) is -0.737. The number of hydrogen-bond donors (Lipinski definition) is 5. The number of fused-ring (bicyclic) bond motifs is 1. The van der Waals surface area contributed by atoms with Crippen molar-refractivity contribution in [3.05, 3.63) is 39.9 Å². The lowest BCUT2D eigenvalue weighted by Gasteiger charge is -2.17. The van der Waals surface area contributed by atoms with E-state index in [0.29, 0.717) is 10.9 Å². The van der Waals surface area contributed by atoms with Crippen molar-refractivity contribution in [2.24, 2.45) is 5.73 Å². The molecule has 2 amide bonds. The van der Waals surface area contributed by atoms with Crippen LogP contribution in [0.3, 0.4) is 0 Å². The van der Waals surface area contributed by atoms with E-state index in [4.69, 9.17) is 10.8 Å². The van der Waals surface area contributed by atoms with Crippen molar-refractivity contribution in [2.45, 2.75) is 12.5 Å². The Morgan fingerprint density at radius 1 is 1.31 bits per heavy atom. The molecule has 0 saturated carbocycles. The fourth-order valence-corrected chi connectivity index (χ4v) is 2.50. The van der Waals surface area contributed by atoms with Crippen LogP contribution in [0.25, 0.3) is 10.9 Å². The third-order valence-corrected chi connectivity index (χ3v) is 3.63. The second-order valence-corrected chi connectivity index (χ2v) is 5.39. The Bertz CT molecular complexity index is 861. The Hall–Kier alpha value is -3.47. The molecule has 26 heavy (non-hydrogen) atoms. The van der Waals surface area contributed by atoms with Gasteiger partial charge in [-0.2, -0.15) is 0 Å². The maximum Gasteiger partial charge on any atom is 0.325 e. The number of rotatable bonds is 8. The lowest BCUT2D eigenvalue weighted by molar-refractivity contribution is -0.389. The second kappa shape index (κ2) is 8.07. The van der Waals surface area contributed by atoms with Crippen LogP contribution in [0, 0.1) is 10.1 Å². The molecule has 1 aromatic carbocycles. The van der Waals surface area contributed by atoms with Gasteiger partial charge >= 0.3 is 11.8 Å². The van der Waals surface area contributed by atoms with Crippen molar-refractivity contribution in [2.75, 3.05) is 13.1 Å². The molecular formula is C15H17N5O6. The minimum atomic E-state index is -1.26. The van der Waals surface area contributed by atoms with Gasteiger partial charge in [-0.1, -0.05) is 18.2 Å². The SMILES string of the molecule is NCC(=O)N[C@@H](Cc1c([N+](=O)[O-])[nH]c2ccccc12)C(=O)NCC(=O)O. The summed E-state index contributed by atoms with van der Waals surface area (Å²) in [5.74, 6) is -3.00. The van der Waals surface area contributed by atoms with Gasteiger partial charge in [0.1, 0.15) is 18.1 Å². The molecule has 0 fully saturated rings. The lowest BCUT2D eigenvalue weighted by Crippen LogP contribution is -2.50. The Morgan fingerprint density at radius 3 is 2.62 bits per heavy atom. The number of aromatic nitrogens is 1. The highest BCUT2D eigenvalue weighted by molar-refractivity contribution is 5.92. The highest BCUT2D eigenvalue weighted by atomic mass is 16.6. The number of nitrogens with one attached hydrogen (secondary N) is 3. The maximum absolute atomic E-state index is 12.2. The molecule has 0 aliphatic heterocycles. The minimum Gasteiger partial charge on any atom is -0.480 e. The zero-order chi connectivity index (χ0) is 19.3. The van der Waals surface area contributed by atoms with Gasteiger partial charge in [-0.05, 0) is 11.0 Å². The van der Waals surface area contributed by atoms with Crippen LogP contribution < -0.4 is 16.4 Å². The summed E-state index contributed by atoms with van der Waals surface area (Å²) >= 11 is 0. The molecule has 0 bridgehead atoms. The molecule has 2 rings (SSSR count). The lowest BCUT2D eigenvalue weighted by atomic mass is 10.0. The maximum atomic E-state index is 12.2. The number of aromatic amines is 1. The van der Waals surface area contributed by atoms with Gasteiger partial charge in [-0.25, -0.2) is 4.98 Å². The molecule has 0 radical (unpaired) electrons. The second-order valence-electron chi connectivity index (χ2n) is 5.39. The topological polar surface area (TPSA) is 180 Å². The molecule has 1 aromatic heterocycles. The number of carboxylic acids is 1. The highest BCUT2D eigenvalue weighted by Gasteiger charge is 2.28. The Kier molecular flexibility index (Phi) is 5.86. The number of carboxylic acid groups (broad SMARTS) is 1. The molecule has 0 aliphatic rings. The Balaban J connectivity index is 2.37. The number of nitrogens with zero attached hydrogens (tertiary/aromatic N) is 1. The summed E-state index contributed by atoms with van der Waals surface area (Å²) < 4.78 is 0. The Morgan fingerprint density at radius 2 is 2.00 bits per heavy atom. The van der Waals surface area contributed by atoms with E-state index in [-0.39, 0.29) is 17.8 Å². The van der Waals surface area contributed by atoms with Crippen LogP contribution in [0.1, 0.15) is 5.56 Å². The minimum absolute atomic E-state index is 0.211. The molecule has 0 spiro atoms. The molecule has 0 aliphatic carbocycles. The number of benzene rings is 1. The van der Waals surface area contributed by atoms with Crippen molar-refractivity contribution < 1.29 is 24.4 Å². The van der Waals surface area contributed by atoms with Gasteiger partial charge in [-0.15, -0.1) is 0 Å². The molecular weight excluding hydrogens is 346 g/mol. The molecule has 2 aromatic rings. The first-order valence-corrected chi connectivity index (χ1v) is 7.56. The molecule has 0 saturated heterocycles. The number of carbonyl (C=O) groups excluding carboxylic acids is 2. The van der Waals surface area contributed by atoms with Crippen LogP contribution >= 0.6 is 0 Å². The molecule has 11 heteroatoms. The zero-order valence-electron chi connectivity index (χ0n) is 13.5. The smallest absolute Gasteiger partial charge is 0.325 e. The van der Waals surface area contributed by atoms with E-state index in [1.165, 1.54) is 0 Å². The average Bonchev–Trinajstić information content (AvgIpc) is 2.97. The van der Waals surface area contributed by atoms with Crippen molar-refractivity contribution in [1.82, 2.24) is 15.6 Å². The van der Waals surface area contributed by atoms with Crippen LogP contribution in [-0.4, -0.2) is 51.9 Å². The largest absolute Gasteiger partial charge is 0.480 e. The van der Waals surface area contributed by atoms with Crippen LogP contribution in [-0.2, 0) is 20.8 Å². The van der Waals surface area contributed by atoms with Gasteiger partial charge in [0.05, 0.1) is 12.1 Å². The van der Waals surface area contributed by atoms with E-state index in [1.807, 2.05) is 0 Å². The average molecular weight is 363 g/mol. The quantitative estimate of drug-likeness (QED) is 0.302. The first kappa shape index (κ1) is 18.9. The van der Waals surface area contributed by atoms with E-state index >= 15 is 0 Å². The zero-order valence-corrected chi connectivity index (χ0v) is 13.5. The number of nitrogens with two attached hydrogens (primary N) is 1. The molecule has 1 heterocycles. The normalized spacial score (nSPS) is 11.7. The fraction of sp³-hybridized carbons (Fsp3) is 0.267. The van der Waals surface area contributed by atoms with Crippen molar-refractivity contribution in [1.29, 1.82) is 0 Å². The molecule has 6 N–H and O–H groups in total. The van der Waals surface area contributed by atoms with E-state index < -0.39 is 41.8 Å². The van der Waals surface area contributed by atoms with Gasteiger partial charge in [0.25, 0.3) is 0 Å². The van der Waals surface area contributed by atoms with Crippen LogP contribution in [0.15, 0.2) is 24.3 Å². The van der Waals surface area contributed by atoms with Crippen LogP contribution in [0.4, 0.5) is 5.82 Å². The monoisotopic (exact) mass is 363 g/mol. The van der Waals surface area contributed by atoms with Gasteiger partial charge < -0.3 is 31.6 Å². The first-order valence-electron chi connectivity index (χ1n) is 7.56. The van der Waals surface area contributed by atoms with Gasteiger partial charge in [0, 0.05) is 11.8 Å². The summed E-state index contributed by atoms with van der Waals surface area (Å²) in [6.07, 6.45) is -0.211. The Labute approximate surface area is 146 Å². The van der Waals surface area contributed by atoms with Crippen LogP contribution in [0.2, 0.25) is 0 Å². The molecule has 138 valence electrons. The van der Waals surface area contributed by atoms with E-state index in [9.17, 15) is 24.5 Å². The molecule has 1 atom stereocenters. The number of amides is 2. The number of H-pyrrole nitrogens is 1. The third-order valence-electron chi connectivity index (χ3n) is 3.63. The van der Waals surface area contributed by atoms with Crippen LogP contribution in [0.5, 0.6) is 0 Å². The van der Waals surface area contributed by atoms with Crippen molar-refractivity contribution in [3.63, 3.8) is 0 Å². The predicted molar refractivity (Wildman–Crippen MR) is 90.3 cm³/mol. The number of carbonyl (C=O) groups is 3. The van der Waals surface area contributed by atoms with Gasteiger partial charge in [0.15, 0.2) is 0 Å². The summed E-state index contributed by atoms with van der Waals surface area (Å²) in [7, 11) is 0.